The van der Waals surface area contributed by atoms with Gasteiger partial charge in [-0.15, -0.1) is 11.3 Å². The zero-order valence-electron chi connectivity index (χ0n) is 5.74. The molecular formula is C9H5NS. The second-order valence-electron chi connectivity index (χ2n) is 2.58. The minimum atomic E-state index is 1.14. The fourth-order valence-electron chi connectivity index (χ4n) is 1.41. The van der Waals surface area contributed by atoms with Crippen LogP contribution in [0.5, 0.6) is 0 Å². The molecule has 0 radical (unpaired) electrons. The first kappa shape index (κ1) is 5.49. The highest BCUT2D eigenvalue weighted by Crippen LogP contribution is 2.41. The van der Waals surface area contributed by atoms with Crippen LogP contribution < -0.4 is 0 Å². The summed E-state index contributed by atoms with van der Waals surface area (Å²) in [5.74, 6) is 0. The summed E-state index contributed by atoms with van der Waals surface area (Å²) in [5, 5.41) is 3.27. The van der Waals surface area contributed by atoms with E-state index in [1.54, 1.807) is 11.3 Å². The van der Waals surface area contributed by atoms with Gasteiger partial charge in [0, 0.05) is 16.5 Å². The van der Waals surface area contributed by atoms with Crippen molar-refractivity contribution in [2.24, 2.45) is 0 Å². The number of rotatable bonds is 0. The predicted molar refractivity (Wildman–Crippen MR) is 46.5 cm³/mol. The Morgan fingerprint density at radius 2 is 1.91 bits per heavy atom. The molecule has 0 atom stereocenters. The van der Waals surface area contributed by atoms with Crippen molar-refractivity contribution in [1.82, 2.24) is 4.98 Å². The van der Waals surface area contributed by atoms with E-state index in [2.05, 4.69) is 34.6 Å². The number of thiazole rings is 1. The number of fused-ring (bicyclic) bond motifs is 5. The average Bonchev–Trinajstić information content (AvgIpc) is 2.64. The zero-order chi connectivity index (χ0) is 7.26. The third kappa shape index (κ3) is 0.576. The van der Waals surface area contributed by atoms with Gasteiger partial charge in [0.1, 0.15) is 5.01 Å². The van der Waals surface area contributed by atoms with E-state index in [1.807, 2.05) is 0 Å². The van der Waals surface area contributed by atoms with Crippen molar-refractivity contribution in [3.05, 3.63) is 29.6 Å². The van der Waals surface area contributed by atoms with Gasteiger partial charge in [0.25, 0.3) is 0 Å². The summed E-state index contributed by atoms with van der Waals surface area (Å²) in [6.07, 6.45) is 0. The van der Waals surface area contributed by atoms with Crippen LogP contribution in [0.25, 0.3) is 21.8 Å². The van der Waals surface area contributed by atoms with E-state index in [-0.39, 0.29) is 0 Å². The van der Waals surface area contributed by atoms with Gasteiger partial charge in [0.05, 0.1) is 5.69 Å². The monoisotopic (exact) mass is 159 g/mol. The molecule has 2 bridgehead atoms. The first-order valence-corrected chi connectivity index (χ1v) is 4.38. The smallest absolute Gasteiger partial charge is 0.124 e. The lowest BCUT2D eigenvalue weighted by Gasteiger charge is -1.98. The van der Waals surface area contributed by atoms with Gasteiger partial charge in [-0.3, -0.25) is 0 Å². The van der Waals surface area contributed by atoms with Crippen LogP contribution in [0.2, 0.25) is 0 Å². The summed E-state index contributed by atoms with van der Waals surface area (Å²) in [5.41, 5.74) is 3.73. The van der Waals surface area contributed by atoms with Gasteiger partial charge < -0.3 is 0 Å². The molecule has 2 heterocycles. The van der Waals surface area contributed by atoms with Gasteiger partial charge >= 0.3 is 0 Å². The summed E-state index contributed by atoms with van der Waals surface area (Å²) < 4.78 is 0. The molecule has 1 aromatic carbocycles. The van der Waals surface area contributed by atoms with Crippen molar-refractivity contribution in [2.75, 3.05) is 0 Å². The van der Waals surface area contributed by atoms with Crippen LogP contribution in [-0.4, -0.2) is 4.98 Å². The van der Waals surface area contributed by atoms with E-state index < -0.39 is 0 Å². The van der Waals surface area contributed by atoms with E-state index in [9.17, 15) is 0 Å². The number of hydrogen-bond acceptors (Lipinski definition) is 2. The predicted octanol–water partition coefficient (Wildman–Crippen LogP) is 2.79. The van der Waals surface area contributed by atoms with Gasteiger partial charge in [-0.1, -0.05) is 24.3 Å². The molecule has 0 fully saturated rings. The molecule has 0 aliphatic carbocycles. The average molecular weight is 159 g/mol. The molecule has 1 aliphatic rings. The molecule has 2 aromatic rings. The van der Waals surface area contributed by atoms with Gasteiger partial charge in [-0.05, 0) is 0 Å². The van der Waals surface area contributed by atoms with Crippen LogP contribution in [0, 0.1) is 0 Å². The maximum Gasteiger partial charge on any atom is 0.124 e. The molecule has 3 rings (SSSR count). The van der Waals surface area contributed by atoms with E-state index in [0.717, 1.165) is 10.7 Å². The highest BCUT2D eigenvalue weighted by molar-refractivity contribution is 7.14. The van der Waals surface area contributed by atoms with E-state index >= 15 is 0 Å². The van der Waals surface area contributed by atoms with Gasteiger partial charge in [0.2, 0.25) is 0 Å². The minimum Gasteiger partial charge on any atom is -0.236 e. The molecule has 0 saturated carbocycles. The van der Waals surface area contributed by atoms with Crippen molar-refractivity contribution in [3.8, 4) is 21.8 Å². The second-order valence-corrected chi connectivity index (χ2v) is 3.44. The van der Waals surface area contributed by atoms with Crippen molar-refractivity contribution >= 4 is 11.3 Å². The second kappa shape index (κ2) is 1.71. The summed E-state index contributed by atoms with van der Waals surface area (Å²) >= 11 is 1.72. The minimum absolute atomic E-state index is 1.14. The fourth-order valence-corrected chi connectivity index (χ4v) is 2.27. The van der Waals surface area contributed by atoms with Crippen LogP contribution in [0.15, 0.2) is 29.6 Å². The van der Waals surface area contributed by atoms with Crippen LogP contribution >= 0.6 is 11.3 Å². The fraction of sp³-hybridized carbons (Fsp3) is 0. The molecular weight excluding hydrogens is 154 g/mol. The lowest BCUT2D eigenvalue weighted by atomic mass is 10.1. The Balaban J connectivity index is 2.47. The lowest BCUT2D eigenvalue weighted by Crippen LogP contribution is -1.74. The molecule has 1 aromatic heterocycles. The van der Waals surface area contributed by atoms with Gasteiger partial charge in [0.15, 0.2) is 0 Å². The maximum absolute atomic E-state index is 4.41. The SMILES string of the molecule is c1ccc2c(c1)-c1csc-2n1. The molecule has 0 unspecified atom stereocenters. The maximum atomic E-state index is 4.41. The zero-order valence-corrected chi connectivity index (χ0v) is 6.56. The van der Waals surface area contributed by atoms with Crippen LogP contribution in [0.4, 0.5) is 0 Å². The molecule has 0 saturated heterocycles. The molecule has 1 nitrogen and oxygen atoms in total. The quantitative estimate of drug-likeness (QED) is 0.491. The van der Waals surface area contributed by atoms with Gasteiger partial charge in [-0.2, -0.15) is 0 Å². The van der Waals surface area contributed by atoms with E-state index in [1.165, 1.54) is 11.1 Å². The summed E-state index contributed by atoms with van der Waals surface area (Å²) in [6, 6.07) is 8.36. The van der Waals surface area contributed by atoms with Crippen molar-refractivity contribution in [1.29, 1.82) is 0 Å². The summed E-state index contributed by atoms with van der Waals surface area (Å²) in [4.78, 5) is 4.41. The number of aromatic nitrogens is 1. The summed E-state index contributed by atoms with van der Waals surface area (Å²) in [6.45, 7) is 0. The highest BCUT2D eigenvalue weighted by Gasteiger charge is 2.18. The Morgan fingerprint density at radius 1 is 1.09 bits per heavy atom. The topological polar surface area (TPSA) is 12.9 Å². The molecule has 52 valence electrons. The number of benzene rings is 1. The molecule has 0 spiro atoms. The van der Waals surface area contributed by atoms with Crippen molar-refractivity contribution < 1.29 is 0 Å². The summed E-state index contributed by atoms with van der Waals surface area (Å²) in [7, 11) is 0. The Hall–Kier alpha value is -1.15. The first-order valence-electron chi connectivity index (χ1n) is 3.50. The van der Waals surface area contributed by atoms with E-state index in [0.29, 0.717) is 0 Å². The normalized spacial score (nSPS) is 11.6. The molecule has 2 heteroatoms. The molecule has 1 aliphatic heterocycles. The largest absolute Gasteiger partial charge is 0.236 e. The Morgan fingerprint density at radius 3 is 2.73 bits per heavy atom. The van der Waals surface area contributed by atoms with E-state index in [4.69, 9.17) is 0 Å². The van der Waals surface area contributed by atoms with Crippen molar-refractivity contribution in [3.63, 3.8) is 0 Å². The third-order valence-corrected chi connectivity index (χ3v) is 2.81. The molecule has 0 N–H and O–H groups in total. The standard InChI is InChI=1S/C9H5NS/c1-2-4-7-6(3-1)8-5-11-9(7)10-8/h1-5H. The first-order chi connectivity index (χ1) is 5.45. The van der Waals surface area contributed by atoms with Crippen LogP contribution in [0.3, 0.4) is 0 Å². The number of hydrogen-bond donors (Lipinski definition) is 0. The molecule has 0 amide bonds. The van der Waals surface area contributed by atoms with Crippen LogP contribution in [0.1, 0.15) is 0 Å². The lowest BCUT2D eigenvalue weighted by molar-refractivity contribution is 1.48. The Kier molecular flexibility index (Phi) is 0.855. The van der Waals surface area contributed by atoms with Crippen molar-refractivity contribution in [2.45, 2.75) is 0 Å². The van der Waals surface area contributed by atoms with Gasteiger partial charge in [-0.25, -0.2) is 4.98 Å². The third-order valence-electron chi connectivity index (χ3n) is 1.94. The Labute approximate surface area is 68.3 Å². The Bertz CT molecular complexity index is 380. The highest BCUT2D eigenvalue weighted by atomic mass is 32.1. The van der Waals surface area contributed by atoms with Crippen LogP contribution in [-0.2, 0) is 0 Å². The molecule has 11 heavy (non-hydrogen) atoms. The number of nitrogens with zero attached hydrogens (tertiary/aromatic N) is 1.